The van der Waals surface area contributed by atoms with E-state index in [1.807, 2.05) is 16.8 Å². The van der Waals surface area contributed by atoms with Crippen LogP contribution in [0.5, 0.6) is 0 Å². The van der Waals surface area contributed by atoms with Crippen molar-refractivity contribution in [2.75, 3.05) is 5.73 Å². The third-order valence-electron chi connectivity index (χ3n) is 2.71. The number of aromatic nitrogens is 1. The molecule has 3 nitrogen and oxygen atoms in total. The van der Waals surface area contributed by atoms with Crippen LogP contribution in [0.2, 0.25) is 5.02 Å². The lowest BCUT2D eigenvalue weighted by Gasteiger charge is -2.04. The third-order valence-corrected chi connectivity index (χ3v) is 3.71. The minimum Gasteiger partial charge on any atom is -0.367 e. The van der Waals surface area contributed by atoms with Crippen LogP contribution in [0.15, 0.2) is 39.5 Å². The van der Waals surface area contributed by atoms with E-state index in [0.717, 1.165) is 5.56 Å². The van der Waals surface area contributed by atoms with Gasteiger partial charge in [-0.3, -0.25) is 0 Å². The van der Waals surface area contributed by atoms with Crippen molar-refractivity contribution in [2.24, 2.45) is 0 Å². The lowest BCUT2D eigenvalue weighted by Crippen LogP contribution is -1.89. The van der Waals surface area contributed by atoms with Crippen LogP contribution in [0.1, 0.15) is 0 Å². The Kier molecular flexibility index (Phi) is 3.00. The number of nitrogens with zero attached hydrogens (tertiary/aromatic N) is 1. The summed E-state index contributed by atoms with van der Waals surface area (Å²) in [5.41, 5.74) is 8.49. The zero-order chi connectivity index (χ0) is 13.4. The maximum Gasteiger partial charge on any atom is 0.230 e. The van der Waals surface area contributed by atoms with E-state index < -0.39 is 5.82 Å². The molecule has 0 saturated carbocycles. The number of hydrogen-bond donors (Lipinski definition) is 1. The number of rotatable bonds is 2. The second-order valence-electron chi connectivity index (χ2n) is 3.91. The number of nitrogens with two attached hydrogens (primary N) is 1. The summed E-state index contributed by atoms with van der Waals surface area (Å²) in [6, 6.07) is 6.03. The van der Waals surface area contributed by atoms with Crippen molar-refractivity contribution >= 4 is 28.8 Å². The van der Waals surface area contributed by atoms with Gasteiger partial charge >= 0.3 is 0 Å². The monoisotopic (exact) mass is 294 g/mol. The van der Waals surface area contributed by atoms with Crippen LogP contribution in [0.25, 0.3) is 22.4 Å². The molecule has 3 rings (SSSR count). The van der Waals surface area contributed by atoms with E-state index in [9.17, 15) is 4.39 Å². The van der Waals surface area contributed by atoms with Crippen LogP contribution < -0.4 is 5.73 Å². The average Bonchev–Trinajstić information content (AvgIpc) is 2.99. The van der Waals surface area contributed by atoms with Crippen molar-refractivity contribution in [1.82, 2.24) is 5.16 Å². The van der Waals surface area contributed by atoms with E-state index in [2.05, 4.69) is 5.16 Å². The molecule has 19 heavy (non-hydrogen) atoms. The van der Waals surface area contributed by atoms with Crippen molar-refractivity contribution < 1.29 is 8.91 Å². The Hall–Kier alpha value is -1.85. The first-order valence-corrected chi connectivity index (χ1v) is 6.72. The third kappa shape index (κ3) is 2.11. The molecule has 0 saturated heterocycles. The number of benzene rings is 1. The highest BCUT2D eigenvalue weighted by Crippen LogP contribution is 2.40. The van der Waals surface area contributed by atoms with Crippen molar-refractivity contribution in [3.8, 4) is 22.4 Å². The fraction of sp³-hybridized carbons (Fsp3) is 0. The second kappa shape index (κ2) is 4.68. The maximum absolute atomic E-state index is 13.1. The molecular weight excluding hydrogens is 287 g/mol. The predicted molar refractivity (Wildman–Crippen MR) is 74.6 cm³/mol. The summed E-state index contributed by atoms with van der Waals surface area (Å²) in [6.45, 7) is 0. The van der Waals surface area contributed by atoms with Gasteiger partial charge in [0, 0.05) is 16.5 Å². The van der Waals surface area contributed by atoms with Gasteiger partial charge < -0.3 is 10.3 Å². The lowest BCUT2D eigenvalue weighted by atomic mass is 10.0. The molecule has 1 aromatic carbocycles. The molecule has 96 valence electrons. The SMILES string of the molecule is Nc1onc(-c2ccsc2)c1-c1ccc(F)cc1Cl. The first-order valence-electron chi connectivity index (χ1n) is 5.40. The van der Waals surface area contributed by atoms with Crippen molar-refractivity contribution in [3.05, 3.63) is 45.9 Å². The van der Waals surface area contributed by atoms with Gasteiger partial charge in [0.15, 0.2) is 0 Å². The Labute approximate surface area is 117 Å². The first-order chi connectivity index (χ1) is 9.16. The molecule has 0 aliphatic carbocycles. The van der Waals surface area contributed by atoms with E-state index in [-0.39, 0.29) is 10.9 Å². The molecule has 0 radical (unpaired) electrons. The zero-order valence-corrected chi connectivity index (χ0v) is 11.1. The Morgan fingerprint density at radius 3 is 2.84 bits per heavy atom. The van der Waals surface area contributed by atoms with E-state index >= 15 is 0 Å². The van der Waals surface area contributed by atoms with Gasteiger partial charge in [-0.15, -0.1) is 0 Å². The molecule has 0 aliphatic heterocycles. The van der Waals surface area contributed by atoms with Crippen molar-refractivity contribution in [3.63, 3.8) is 0 Å². The Morgan fingerprint density at radius 2 is 2.16 bits per heavy atom. The van der Waals surface area contributed by atoms with E-state index in [4.69, 9.17) is 21.9 Å². The highest BCUT2D eigenvalue weighted by Gasteiger charge is 2.20. The minimum absolute atomic E-state index is 0.162. The van der Waals surface area contributed by atoms with Gasteiger partial charge in [0.05, 0.1) is 10.6 Å². The highest BCUT2D eigenvalue weighted by molar-refractivity contribution is 7.08. The van der Waals surface area contributed by atoms with Gasteiger partial charge in [-0.2, -0.15) is 11.3 Å². The molecule has 0 atom stereocenters. The molecular formula is C13H8ClFN2OS. The minimum atomic E-state index is -0.402. The van der Waals surface area contributed by atoms with Crippen molar-refractivity contribution in [2.45, 2.75) is 0 Å². The zero-order valence-electron chi connectivity index (χ0n) is 9.56. The number of hydrogen-bond acceptors (Lipinski definition) is 4. The second-order valence-corrected chi connectivity index (χ2v) is 5.09. The van der Waals surface area contributed by atoms with Gasteiger partial charge in [-0.05, 0) is 29.6 Å². The van der Waals surface area contributed by atoms with Gasteiger partial charge in [-0.25, -0.2) is 4.39 Å². The van der Waals surface area contributed by atoms with Crippen LogP contribution in [0.3, 0.4) is 0 Å². The summed E-state index contributed by atoms with van der Waals surface area (Å²) in [4.78, 5) is 0. The van der Waals surface area contributed by atoms with Crippen LogP contribution in [-0.4, -0.2) is 5.16 Å². The lowest BCUT2D eigenvalue weighted by molar-refractivity contribution is 0.439. The van der Waals surface area contributed by atoms with Gasteiger partial charge in [0.1, 0.15) is 11.5 Å². The Morgan fingerprint density at radius 1 is 1.32 bits per heavy atom. The van der Waals surface area contributed by atoms with Crippen molar-refractivity contribution in [1.29, 1.82) is 0 Å². The molecule has 2 N–H and O–H groups in total. The largest absolute Gasteiger partial charge is 0.367 e. The molecule has 0 spiro atoms. The number of halogens is 2. The van der Waals surface area contributed by atoms with Crippen LogP contribution in [0.4, 0.5) is 10.3 Å². The summed E-state index contributed by atoms with van der Waals surface area (Å²) in [6.07, 6.45) is 0. The van der Waals surface area contributed by atoms with Gasteiger partial charge in [0.2, 0.25) is 5.88 Å². The molecule has 6 heteroatoms. The van der Waals surface area contributed by atoms with Crippen LogP contribution in [0, 0.1) is 5.82 Å². The summed E-state index contributed by atoms with van der Waals surface area (Å²) in [5, 5.41) is 8.08. The highest BCUT2D eigenvalue weighted by atomic mass is 35.5. The Bertz CT molecular complexity index is 724. The molecule has 3 aromatic rings. The molecule has 0 unspecified atom stereocenters. The first kappa shape index (κ1) is 12.2. The molecule has 2 aromatic heterocycles. The summed E-state index contributed by atoms with van der Waals surface area (Å²) < 4.78 is 18.1. The van der Waals surface area contributed by atoms with Crippen LogP contribution in [-0.2, 0) is 0 Å². The number of thiophene rings is 1. The summed E-state index contributed by atoms with van der Waals surface area (Å²) >= 11 is 7.60. The van der Waals surface area contributed by atoms with Gasteiger partial charge in [0.25, 0.3) is 0 Å². The molecule has 0 bridgehead atoms. The van der Waals surface area contributed by atoms with Gasteiger partial charge in [-0.1, -0.05) is 16.8 Å². The Balaban J connectivity index is 2.22. The number of nitrogen functional groups attached to an aromatic ring is 1. The maximum atomic E-state index is 13.1. The number of anilines is 1. The van der Waals surface area contributed by atoms with E-state index in [0.29, 0.717) is 16.8 Å². The summed E-state index contributed by atoms with van der Waals surface area (Å²) in [5.74, 6) is -0.240. The topological polar surface area (TPSA) is 52.0 Å². The van der Waals surface area contributed by atoms with E-state index in [1.54, 1.807) is 6.07 Å². The quantitative estimate of drug-likeness (QED) is 0.760. The fourth-order valence-electron chi connectivity index (χ4n) is 1.85. The summed E-state index contributed by atoms with van der Waals surface area (Å²) in [7, 11) is 0. The molecule has 0 amide bonds. The van der Waals surface area contributed by atoms with Crippen LogP contribution >= 0.6 is 22.9 Å². The molecule has 0 aliphatic rings. The standard InChI is InChI=1S/C13H8ClFN2OS/c14-10-5-8(15)1-2-9(10)11-12(17-18-13(11)16)7-3-4-19-6-7/h1-6H,16H2. The van der Waals surface area contributed by atoms with E-state index in [1.165, 1.54) is 23.5 Å². The predicted octanol–water partition coefficient (Wildman–Crippen LogP) is 4.44. The fourth-order valence-corrected chi connectivity index (χ4v) is 2.75. The molecule has 2 heterocycles. The average molecular weight is 295 g/mol. The normalized spacial score (nSPS) is 10.8. The smallest absolute Gasteiger partial charge is 0.230 e. The molecule has 0 fully saturated rings.